The molecule has 1 saturated heterocycles. The average molecular weight is 259 g/mol. The van der Waals surface area contributed by atoms with Crippen molar-refractivity contribution in [1.29, 1.82) is 0 Å². The molecule has 1 heterocycles. The van der Waals surface area contributed by atoms with Gasteiger partial charge in [-0.15, -0.1) is 0 Å². The van der Waals surface area contributed by atoms with E-state index in [0.717, 1.165) is 23.7 Å². The molecule has 0 radical (unpaired) electrons. The summed E-state index contributed by atoms with van der Waals surface area (Å²) in [4.78, 5) is 2.40. The van der Waals surface area contributed by atoms with Gasteiger partial charge in [0.2, 0.25) is 0 Å². The molecule has 0 spiro atoms. The Kier molecular flexibility index (Phi) is 4.09. The third-order valence-corrected chi connectivity index (χ3v) is 3.69. The van der Waals surface area contributed by atoms with Crippen LogP contribution in [0.25, 0.3) is 0 Å². The average Bonchev–Trinajstić information content (AvgIpc) is 2.75. The van der Waals surface area contributed by atoms with E-state index in [1.807, 2.05) is 12.1 Å². The van der Waals surface area contributed by atoms with Crippen molar-refractivity contribution in [3.63, 3.8) is 0 Å². The Labute approximate surface area is 106 Å². The van der Waals surface area contributed by atoms with Crippen molar-refractivity contribution in [3.8, 4) is 0 Å². The summed E-state index contributed by atoms with van der Waals surface area (Å²) in [6, 6.07) is 5.88. The predicted octanol–water partition coefficient (Wildman–Crippen LogP) is 3.09. The highest BCUT2D eigenvalue weighted by molar-refractivity contribution is 6.35. The number of hydrogen-bond donors (Lipinski definition) is 1. The van der Waals surface area contributed by atoms with E-state index in [1.165, 1.54) is 12.8 Å². The van der Waals surface area contributed by atoms with Crippen LogP contribution in [-0.2, 0) is 0 Å². The molecule has 88 valence electrons. The molecule has 0 bridgehead atoms. The Balaban J connectivity index is 2.25. The van der Waals surface area contributed by atoms with Crippen LogP contribution in [0.4, 0.5) is 0 Å². The number of benzene rings is 1. The molecule has 1 unspecified atom stereocenters. The topological polar surface area (TPSA) is 29.3 Å². The quantitative estimate of drug-likeness (QED) is 0.903. The lowest BCUT2D eigenvalue weighted by molar-refractivity contribution is 0.251. The molecule has 2 rings (SSSR count). The molecule has 0 amide bonds. The van der Waals surface area contributed by atoms with Gasteiger partial charge in [0, 0.05) is 22.6 Å². The fourth-order valence-corrected chi connectivity index (χ4v) is 2.83. The summed E-state index contributed by atoms with van der Waals surface area (Å²) < 4.78 is 0. The smallest absolute Gasteiger partial charge is 0.0485 e. The third kappa shape index (κ3) is 2.51. The van der Waals surface area contributed by atoms with Crippen LogP contribution in [0.2, 0.25) is 10.0 Å². The molecule has 2 N–H and O–H groups in total. The first-order chi connectivity index (χ1) is 7.72. The molecule has 0 aromatic heterocycles. The Morgan fingerprint density at radius 3 is 2.50 bits per heavy atom. The summed E-state index contributed by atoms with van der Waals surface area (Å²) in [5.41, 5.74) is 6.95. The summed E-state index contributed by atoms with van der Waals surface area (Å²) >= 11 is 12.1. The van der Waals surface area contributed by atoms with E-state index in [4.69, 9.17) is 28.9 Å². The highest BCUT2D eigenvalue weighted by atomic mass is 35.5. The first-order valence-corrected chi connectivity index (χ1v) is 6.37. The molecule has 2 nitrogen and oxygen atoms in total. The lowest BCUT2D eigenvalue weighted by Crippen LogP contribution is -2.31. The van der Waals surface area contributed by atoms with Gasteiger partial charge >= 0.3 is 0 Å². The second-order valence-corrected chi connectivity index (χ2v) is 5.00. The molecule has 0 saturated carbocycles. The largest absolute Gasteiger partial charge is 0.329 e. The lowest BCUT2D eigenvalue weighted by atomic mass is 10.1. The van der Waals surface area contributed by atoms with Gasteiger partial charge < -0.3 is 5.73 Å². The Morgan fingerprint density at radius 2 is 1.94 bits per heavy atom. The number of likely N-dealkylation sites (tertiary alicyclic amines) is 1. The molecule has 1 aliphatic heterocycles. The van der Waals surface area contributed by atoms with Gasteiger partial charge in [-0.25, -0.2) is 0 Å². The Morgan fingerprint density at radius 1 is 1.25 bits per heavy atom. The normalized spacial score (nSPS) is 18.9. The van der Waals surface area contributed by atoms with Gasteiger partial charge in [0.1, 0.15) is 0 Å². The standard InChI is InChI=1S/C12H16Cl2N2/c13-9-3-4-10(11(14)7-9)12(8-15)16-5-1-2-6-16/h3-4,7,12H,1-2,5-6,8,15H2. The zero-order valence-corrected chi connectivity index (χ0v) is 10.6. The maximum Gasteiger partial charge on any atom is 0.0485 e. The van der Waals surface area contributed by atoms with Gasteiger partial charge in [0.15, 0.2) is 0 Å². The fraction of sp³-hybridized carbons (Fsp3) is 0.500. The van der Waals surface area contributed by atoms with Gasteiger partial charge in [0.05, 0.1) is 0 Å². The zero-order valence-electron chi connectivity index (χ0n) is 9.13. The van der Waals surface area contributed by atoms with Crippen LogP contribution in [0.1, 0.15) is 24.4 Å². The number of hydrogen-bond acceptors (Lipinski definition) is 2. The van der Waals surface area contributed by atoms with Crippen molar-refractivity contribution in [3.05, 3.63) is 33.8 Å². The molecule has 0 aliphatic carbocycles. The van der Waals surface area contributed by atoms with Crippen molar-refractivity contribution >= 4 is 23.2 Å². The predicted molar refractivity (Wildman–Crippen MR) is 69.1 cm³/mol. The van der Waals surface area contributed by atoms with Gasteiger partial charge in [-0.05, 0) is 43.6 Å². The highest BCUT2D eigenvalue weighted by Gasteiger charge is 2.23. The molecule has 16 heavy (non-hydrogen) atoms. The van der Waals surface area contributed by atoms with E-state index >= 15 is 0 Å². The summed E-state index contributed by atoms with van der Waals surface area (Å²) in [5, 5.41) is 1.39. The maximum absolute atomic E-state index is 6.21. The molecule has 1 aliphatic rings. The Hall–Kier alpha value is -0.280. The molecule has 1 atom stereocenters. The number of halogens is 2. The summed E-state index contributed by atoms with van der Waals surface area (Å²) in [6.07, 6.45) is 2.50. The number of rotatable bonds is 3. The van der Waals surface area contributed by atoms with Gasteiger partial charge in [0.25, 0.3) is 0 Å². The van der Waals surface area contributed by atoms with E-state index in [-0.39, 0.29) is 6.04 Å². The minimum atomic E-state index is 0.229. The minimum absolute atomic E-state index is 0.229. The molecular formula is C12H16Cl2N2. The van der Waals surface area contributed by atoms with E-state index in [9.17, 15) is 0 Å². The van der Waals surface area contributed by atoms with Gasteiger partial charge in [-0.1, -0.05) is 29.3 Å². The number of nitrogens with two attached hydrogens (primary N) is 1. The van der Waals surface area contributed by atoms with E-state index in [1.54, 1.807) is 6.07 Å². The highest BCUT2D eigenvalue weighted by Crippen LogP contribution is 2.31. The van der Waals surface area contributed by atoms with Crippen LogP contribution >= 0.6 is 23.2 Å². The van der Waals surface area contributed by atoms with Crippen LogP contribution in [0.5, 0.6) is 0 Å². The van der Waals surface area contributed by atoms with Crippen LogP contribution in [0, 0.1) is 0 Å². The second kappa shape index (κ2) is 5.37. The summed E-state index contributed by atoms with van der Waals surface area (Å²) in [6.45, 7) is 2.82. The van der Waals surface area contributed by atoms with E-state index < -0.39 is 0 Å². The number of nitrogens with zero attached hydrogens (tertiary/aromatic N) is 1. The molecule has 1 aromatic rings. The minimum Gasteiger partial charge on any atom is -0.329 e. The van der Waals surface area contributed by atoms with Gasteiger partial charge in [-0.3, -0.25) is 4.90 Å². The van der Waals surface area contributed by atoms with Crippen LogP contribution in [0.15, 0.2) is 18.2 Å². The van der Waals surface area contributed by atoms with Crippen molar-refractivity contribution in [2.75, 3.05) is 19.6 Å². The van der Waals surface area contributed by atoms with Crippen LogP contribution in [-0.4, -0.2) is 24.5 Å². The van der Waals surface area contributed by atoms with Crippen molar-refractivity contribution in [1.82, 2.24) is 4.90 Å². The summed E-state index contributed by atoms with van der Waals surface area (Å²) in [7, 11) is 0. The van der Waals surface area contributed by atoms with Crippen molar-refractivity contribution < 1.29 is 0 Å². The monoisotopic (exact) mass is 258 g/mol. The van der Waals surface area contributed by atoms with Crippen molar-refractivity contribution in [2.24, 2.45) is 5.73 Å². The molecule has 4 heteroatoms. The van der Waals surface area contributed by atoms with Crippen molar-refractivity contribution in [2.45, 2.75) is 18.9 Å². The molecular weight excluding hydrogens is 243 g/mol. The maximum atomic E-state index is 6.21. The first kappa shape index (κ1) is 12.2. The fourth-order valence-electron chi connectivity index (χ4n) is 2.30. The lowest BCUT2D eigenvalue weighted by Gasteiger charge is -2.27. The van der Waals surface area contributed by atoms with Crippen LogP contribution < -0.4 is 5.73 Å². The van der Waals surface area contributed by atoms with E-state index in [2.05, 4.69) is 4.90 Å². The molecule has 1 fully saturated rings. The van der Waals surface area contributed by atoms with Gasteiger partial charge in [-0.2, -0.15) is 0 Å². The SMILES string of the molecule is NCC(c1ccc(Cl)cc1Cl)N1CCCC1. The van der Waals surface area contributed by atoms with E-state index in [0.29, 0.717) is 11.6 Å². The Bertz CT molecular complexity index is 362. The molecule has 1 aromatic carbocycles. The summed E-state index contributed by atoms with van der Waals surface area (Å²) in [5.74, 6) is 0. The first-order valence-electron chi connectivity index (χ1n) is 5.61. The zero-order chi connectivity index (χ0) is 11.5. The second-order valence-electron chi connectivity index (χ2n) is 4.16. The third-order valence-electron chi connectivity index (χ3n) is 3.13. The van der Waals surface area contributed by atoms with Crippen LogP contribution in [0.3, 0.4) is 0 Å².